The third-order valence-electron chi connectivity index (χ3n) is 4.97. The van der Waals surface area contributed by atoms with Gasteiger partial charge in [-0.3, -0.25) is 14.3 Å². The van der Waals surface area contributed by atoms with E-state index in [1.807, 2.05) is 24.3 Å². The number of amides is 1. The van der Waals surface area contributed by atoms with Crippen molar-refractivity contribution in [3.05, 3.63) is 59.7 Å². The Labute approximate surface area is 186 Å². The van der Waals surface area contributed by atoms with E-state index in [1.54, 1.807) is 31.4 Å². The molecule has 3 rings (SSSR count). The lowest BCUT2D eigenvalue weighted by molar-refractivity contribution is -0.137. The summed E-state index contributed by atoms with van der Waals surface area (Å²) in [5, 5.41) is 14.8. The number of rotatable bonds is 9. The number of hydrazone groups is 1. The summed E-state index contributed by atoms with van der Waals surface area (Å²) < 4.78 is 30.4. The van der Waals surface area contributed by atoms with Gasteiger partial charge in [0.15, 0.2) is 0 Å². The van der Waals surface area contributed by atoms with E-state index in [0.29, 0.717) is 23.6 Å². The number of hydrogen-bond acceptors (Lipinski definition) is 6. The molecule has 1 amide bonds. The van der Waals surface area contributed by atoms with Crippen molar-refractivity contribution in [2.24, 2.45) is 5.10 Å². The second-order valence-corrected chi connectivity index (χ2v) is 9.23. The van der Waals surface area contributed by atoms with Crippen molar-refractivity contribution in [2.45, 2.75) is 31.7 Å². The molecule has 10 heteroatoms. The summed E-state index contributed by atoms with van der Waals surface area (Å²) in [7, 11) is -1.80. The highest BCUT2D eigenvalue weighted by Gasteiger charge is 2.32. The fraction of sp³-hybridized carbons (Fsp3) is 0.318. The average Bonchev–Trinajstić information content (AvgIpc) is 3.18. The Balaban J connectivity index is 1.84. The molecule has 0 saturated heterocycles. The molecule has 1 atom stereocenters. The molecule has 2 N–H and O–H groups in total. The molecule has 0 fully saturated rings. The van der Waals surface area contributed by atoms with Gasteiger partial charge < -0.3 is 9.84 Å². The van der Waals surface area contributed by atoms with Gasteiger partial charge in [-0.1, -0.05) is 24.3 Å². The van der Waals surface area contributed by atoms with Crippen molar-refractivity contribution in [1.82, 2.24) is 5.01 Å². The van der Waals surface area contributed by atoms with Crippen LogP contribution in [0.1, 0.15) is 42.9 Å². The van der Waals surface area contributed by atoms with Gasteiger partial charge in [0.25, 0.3) is 0 Å². The fourth-order valence-electron chi connectivity index (χ4n) is 3.45. The Morgan fingerprint density at radius 1 is 1.12 bits per heavy atom. The third-order valence-corrected chi connectivity index (χ3v) is 5.58. The SMILES string of the molecule is COc1ccc([C@@H]2CC(c3ccc(NS(C)(=O)=O)cc3)=NN2C(=O)CCCC(=O)O)cc1. The number of ether oxygens (including phenoxy) is 1. The van der Waals surface area contributed by atoms with Crippen molar-refractivity contribution in [1.29, 1.82) is 0 Å². The number of sulfonamides is 1. The van der Waals surface area contributed by atoms with Crippen LogP contribution in [0.3, 0.4) is 0 Å². The summed E-state index contributed by atoms with van der Waals surface area (Å²) in [5.41, 5.74) is 2.77. The molecule has 2 aromatic carbocycles. The maximum absolute atomic E-state index is 12.8. The van der Waals surface area contributed by atoms with E-state index in [2.05, 4.69) is 9.82 Å². The smallest absolute Gasteiger partial charge is 0.303 e. The van der Waals surface area contributed by atoms with E-state index >= 15 is 0 Å². The Hall–Kier alpha value is -3.40. The summed E-state index contributed by atoms with van der Waals surface area (Å²) in [6.07, 6.45) is 1.77. The molecular formula is C22H25N3O6S. The van der Waals surface area contributed by atoms with Gasteiger partial charge in [-0.25, -0.2) is 13.4 Å². The number of anilines is 1. The van der Waals surface area contributed by atoms with Gasteiger partial charge in [0, 0.05) is 24.9 Å². The highest BCUT2D eigenvalue weighted by atomic mass is 32.2. The van der Waals surface area contributed by atoms with E-state index in [0.717, 1.165) is 17.4 Å². The first-order valence-electron chi connectivity index (χ1n) is 10.00. The molecule has 1 aliphatic rings. The van der Waals surface area contributed by atoms with E-state index in [1.165, 1.54) is 5.01 Å². The monoisotopic (exact) mass is 459 g/mol. The summed E-state index contributed by atoms with van der Waals surface area (Å²) >= 11 is 0. The topological polar surface area (TPSA) is 125 Å². The highest BCUT2D eigenvalue weighted by molar-refractivity contribution is 7.92. The van der Waals surface area contributed by atoms with E-state index in [-0.39, 0.29) is 31.2 Å². The molecule has 2 aromatic rings. The van der Waals surface area contributed by atoms with Gasteiger partial charge in [-0.2, -0.15) is 5.10 Å². The second-order valence-electron chi connectivity index (χ2n) is 7.48. The first-order valence-corrected chi connectivity index (χ1v) is 11.9. The number of benzene rings is 2. The van der Waals surface area contributed by atoms with Gasteiger partial charge in [-0.05, 0) is 41.8 Å². The van der Waals surface area contributed by atoms with Crippen LogP contribution in [0.25, 0.3) is 0 Å². The van der Waals surface area contributed by atoms with Crippen LogP contribution < -0.4 is 9.46 Å². The number of nitrogens with zero attached hydrogens (tertiary/aromatic N) is 2. The maximum Gasteiger partial charge on any atom is 0.303 e. The molecule has 0 unspecified atom stereocenters. The predicted molar refractivity (Wildman–Crippen MR) is 120 cm³/mol. The summed E-state index contributed by atoms with van der Waals surface area (Å²) in [5.74, 6) is -0.503. The Morgan fingerprint density at radius 3 is 2.34 bits per heavy atom. The van der Waals surface area contributed by atoms with Crippen molar-refractivity contribution < 1.29 is 27.9 Å². The molecule has 0 saturated carbocycles. The number of methoxy groups -OCH3 is 1. The molecule has 1 aliphatic heterocycles. The lowest BCUT2D eigenvalue weighted by Crippen LogP contribution is -2.27. The van der Waals surface area contributed by atoms with Gasteiger partial charge >= 0.3 is 5.97 Å². The van der Waals surface area contributed by atoms with Crippen LogP contribution in [-0.4, -0.2) is 49.5 Å². The lowest BCUT2D eigenvalue weighted by atomic mass is 9.98. The number of carboxylic acid groups (broad SMARTS) is 1. The number of aliphatic carboxylic acids is 1. The zero-order chi connectivity index (χ0) is 23.3. The summed E-state index contributed by atoms with van der Waals surface area (Å²) in [6.45, 7) is 0. The molecule has 9 nitrogen and oxygen atoms in total. The van der Waals surface area contributed by atoms with Crippen molar-refractivity contribution in [3.63, 3.8) is 0 Å². The first-order chi connectivity index (χ1) is 15.2. The molecule has 0 radical (unpaired) electrons. The standard InChI is InChI=1S/C22H25N3O6S/c1-31-18-12-8-16(9-13-18)20-14-19(23-25(20)21(26)4-3-5-22(27)28)15-6-10-17(11-7-15)24-32(2,29)30/h6-13,20,24H,3-5,14H2,1-2H3,(H,27,28)/t20-/m0/s1. The van der Waals surface area contributed by atoms with Crippen LogP contribution in [0.2, 0.25) is 0 Å². The van der Waals surface area contributed by atoms with Gasteiger partial charge in [0.05, 0.1) is 25.1 Å². The van der Waals surface area contributed by atoms with E-state index in [9.17, 15) is 18.0 Å². The minimum absolute atomic E-state index is 0.0763. The van der Waals surface area contributed by atoms with Crippen LogP contribution in [-0.2, 0) is 19.6 Å². The van der Waals surface area contributed by atoms with Crippen molar-refractivity contribution in [3.8, 4) is 5.75 Å². The molecule has 32 heavy (non-hydrogen) atoms. The Morgan fingerprint density at radius 2 is 1.78 bits per heavy atom. The quantitative estimate of drug-likeness (QED) is 0.594. The largest absolute Gasteiger partial charge is 0.497 e. The molecule has 0 aromatic heterocycles. The van der Waals surface area contributed by atoms with Crippen LogP contribution >= 0.6 is 0 Å². The average molecular weight is 460 g/mol. The number of nitrogens with one attached hydrogen (secondary N) is 1. The van der Waals surface area contributed by atoms with Gasteiger partial charge in [0.1, 0.15) is 5.75 Å². The predicted octanol–water partition coefficient (Wildman–Crippen LogP) is 3.00. The van der Waals surface area contributed by atoms with E-state index in [4.69, 9.17) is 9.84 Å². The van der Waals surface area contributed by atoms with Gasteiger partial charge in [0.2, 0.25) is 15.9 Å². The minimum Gasteiger partial charge on any atom is -0.497 e. The number of carbonyl (C=O) groups is 2. The molecule has 0 spiro atoms. The van der Waals surface area contributed by atoms with Gasteiger partial charge in [-0.15, -0.1) is 0 Å². The Kier molecular flexibility index (Phi) is 7.14. The third kappa shape index (κ3) is 6.07. The molecule has 0 aliphatic carbocycles. The zero-order valence-electron chi connectivity index (χ0n) is 17.8. The second kappa shape index (κ2) is 9.82. The Bertz CT molecular complexity index is 1110. The first kappa shape index (κ1) is 23.3. The summed E-state index contributed by atoms with van der Waals surface area (Å²) in [4.78, 5) is 23.6. The van der Waals surface area contributed by atoms with Crippen LogP contribution in [0.4, 0.5) is 5.69 Å². The molecule has 170 valence electrons. The number of carbonyl (C=O) groups excluding carboxylic acids is 1. The van der Waals surface area contributed by atoms with Crippen LogP contribution in [0.5, 0.6) is 5.75 Å². The number of hydrogen-bond donors (Lipinski definition) is 2. The lowest BCUT2D eigenvalue weighted by Gasteiger charge is -2.22. The zero-order valence-corrected chi connectivity index (χ0v) is 18.6. The molecule has 1 heterocycles. The molecule has 0 bridgehead atoms. The van der Waals surface area contributed by atoms with Crippen LogP contribution in [0.15, 0.2) is 53.6 Å². The van der Waals surface area contributed by atoms with E-state index < -0.39 is 16.0 Å². The van der Waals surface area contributed by atoms with Crippen molar-refractivity contribution >= 4 is 33.3 Å². The van der Waals surface area contributed by atoms with Crippen molar-refractivity contribution in [2.75, 3.05) is 18.1 Å². The fourth-order valence-corrected chi connectivity index (χ4v) is 4.01. The molecular weight excluding hydrogens is 434 g/mol. The van der Waals surface area contributed by atoms with Crippen LogP contribution in [0, 0.1) is 0 Å². The summed E-state index contributed by atoms with van der Waals surface area (Å²) in [6, 6.07) is 13.8. The minimum atomic E-state index is -3.38. The number of carboxylic acids is 1. The highest BCUT2D eigenvalue weighted by Crippen LogP contribution is 2.34. The maximum atomic E-state index is 12.8. The normalized spacial score (nSPS) is 15.9.